The van der Waals surface area contributed by atoms with Crippen molar-refractivity contribution in [1.29, 1.82) is 0 Å². The molecule has 9 nitrogen and oxygen atoms in total. The van der Waals surface area contributed by atoms with E-state index in [0.717, 1.165) is 35.2 Å². The Morgan fingerprint density at radius 2 is 1.86 bits per heavy atom. The molecule has 35 heavy (non-hydrogen) atoms. The molecule has 1 saturated carbocycles. The molecule has 1 aliphatic carbocycles. The van der Waals surface area contributed by atoms with E-state index in [1.54, 1.807) is 13.3 Å². The van der Waals surface area contributed by atoms with E-state index >= 15 is 0 Å². The Kier molecular flexibility index (Phi) is 7.53. The molecule has 1 aromatic carbocycles. The molecule has 1 amide bonds. The Morgan fingerprint density at radius 3 is 2.54 bits per heavy atom. The second kappa shape index (κ2) is 10.8. The van der Waals surface area contributed by atoms with Gasteiger partial charge in [0.15, 0.2) is 0 Å². The molecule has 0 spiro atoms. The number of amides is 1. The van der Waals surface area contributed by atoms with Gasteiger partial charge < -0.3 is 25.4 Å². The summed E-state index contributed by atoms with van der Waals surface area (Å²) >= 11 is 0. The zero-order valence-corrected chi connectivity index (χ0v) is 20.9. The molecular formula is C26H34N6O3. The minimum absolute atomic E-state index is 0.430. The lowest BCUT2D eigenvalue weighted by atomic mass is 9.94. The van der Waals surface area contributed by atoms with Gasteiger partial charge in [-0.05, 0) is 63.8 Å². The molecule has 0 atom stereocenters. The number of carbonyl (C=O) groups is 1. The summed E-state index contributed by atoms with van der Waals surface area (Å²) in [5.74, 6) is 2.50. The highest BCUT2D eigenvalue weighted by Crippen LogP contribution is 2.42. The zero-order valence-electron chi connectivity index (χ0n) is 20.9. The van der Waals surface area contributed by atoms with Crippen LogP contribution in [0.2, 0.25) is 0 Å². The maximum Gasteiger partial charge on any atom is 0.407 e. The Bertz CT molecular complexity index is 1150. The van der Waals surface area contributed by atoms with Crippen LogP contribution in [0.3, 0.4) is 0 Å². The Balaban J connectivity index is 1.38. The third-order valence-corrected chi connectivity index (χ3v) is 5.86. The number of alkyl carbamates (subject to hydrolysis) is 1. The molecule has 0 saturated heterocycles. The minimum atomic E-state index is -0.511. The highest BCUT2D eigenvalue weighted by Gasteiger charge is 2.24. The molecule has 2 heterocycles. The van der Waals surface area contributed by atoms with Gasteiger partial charge in [0.2, 0.25) is 5.95 Å². The molecule has 2 aromatic heterocycles. The Hall–Kier alpha value is -3.62. The van der Waals surface area contributed by atoms with Crippen LogP contribution in [-0.4, -0.2) is 46.8 Å². The highest BCUT2D eigenvalue weighted by atomic mass is 16.6. The van der Waals surface area contributed by atoms with Crippen LogP contribution >= 0.6 is 0 Å². The van der Waals surface area contributed by atoms with E-state index < -0.39 is 11.7 Å². The number of nitrogens with zero attached hydrogens (tertiary/aromatic N) is 3. The molecular weight excluding hydrogens is 444 g/mol. The number of aromatic nitrogens is 3. The van der Waals surface area contributed by atoms with Crippen molar-refractivity contribution in [3.63, 3.8) is 0 Å². The smallest absolute Gasteiger partial charge is 0.407 e. The van der Waals surface area contributed by atoms with Crippen molar-refractivity contribution >= 4 is 34.4 Å². The summed E-state index contributed by atoms with van der Waals surface area (Å²) in [4.78, 5) is 25.5. The quantitative estimate of drug-likeness (QED) is 0.371. The van der Waals surface area contributed by atoms with Crippen LogP contribution in [0.5, 0.6) is 5.75 Å². The number of methoxy groups -OCH3 is 1. The van der Waals surface area contributed by atoms with Gasteiger partial charge in [-0.3, -0.25) is 0 Å². The maximum atomic E-state index is 11.7. The standard InChI is InChI=1S/C26H34N6O3/c1-26(2,3)35-25(33)28-14-13-27-19-10-12-21(29-16-19)31-24-30-15-18-9-11-20(34-4)22(23(18)32-24)17-7-5-6-8-17/h9-12,15-17,27H,5-8,13-14H2,1-4H3,(H,28,33)(H,29,30,31,32). The van der Waals surface area contributed by atoms with Gasteiger partial charge in [-0.15, -0.1) is 0 Å². The molecule has 1 aliphatic rings. The van der Waals surface area contributed by atoms with Crippen LogP contribution in [0.15, 0.2) is 36.7 Å². The van der Waals surface area contributed by atoms with Crippen LogP contribution in [0.1, 0.15) is 57.9 Å². The van der Waals surface area contributed by atoms with Gasteiger partial charge in [-0.25, -0.2) is 19.7 Å². The van der Waals surface area contributed by atoms with E-state index in [1.807, 2.05) is 51.2 Å². The van der Waals surface area contributed by atoms with Crippen LogP contribution in [0, 0.1) is 0 Å². The predicted octanol–water partition coefficient (Wildman–Crippen LogP) is 5.37. The number of benzene rings is 1. The second-order valence-electron chi connectivity index (χ2n) is 9.71. The average molecular weight is 479 g/mol. The highest BCUT2D eigenvalue weighted by molar-refractivity contribution is 5.85. The van der Waals surface area contributed by atoms with E-state index in [4.69, 9.17) is 14.5 Å². The summed E-state index contributed by atoms with van der Waals surface area (Å²) in [6.07, 6.45) is 7.93. The molecule has 9 heteroatoms. The van der Waals surface area contributed by atoms with Gasteiger partial charge in [-0.1, -0.05) is 12.8 Å². The van der Waals surface area contributed by atoms with Crippen molar-refractivity contribution in [3.8, 4) is 5.75 Å². The molecule has 0 bridgehead atoms. The molecule has 0 aliphatic heterocycles. The van der Waals surface area contributed by atoms with Gasteiger partial charge in [0.1, 0.15) is 17.2 Å². The summed E-state index contributed by atoms with van der Waals surface area (Å²) in [6, 6.07) is 7.80. The number of hydrogen-bond donors (Lipinski definition) is 3. The first-order chi connectivity index (χ1) is 16.8. The third kappa shape index (κ3) is 6.49. The van der Waals surface area contributed by atoms with Gasteiger partial charge in [-0.2, -0.15) is 0 Å². The lowest BCUT2D eigenvalue weighted by Gasteiger charge is -2.19. The van der Waals surface area contributed by atoms with Crippen molar-refractivity contribution in [2.45, 2.75) is 58.0 Å². The van der Waals surface area contributed by atoms with E-state index in [2.05, 4.69) is 25.9 Å². The summed E-state index contributed by atoms with van der Waals surface area (Å²) in [5.41, 5.74) is 2.45. The number of ether oxygens (including phenoxy) is 2. The first-order valence-electron chi connectivity index (χ1n) is 12.1. The lowest BCUT2D eigenvalue weighted by molar-refractivity contribution is 0.0530. The van der Waals surface area contributed by atoms with Gasteiger partial charge in [0.05, 0.1) is 24.5 Å². The molecule has 0 unspecified atom stereocenters. The summed E-state index contributed by atoms with van der Waals surface area (Å²) in [6.45, 7) is 6.49. The van der Waals surface area contributed by atoms with Crippen molar-refractivity contribution in [2.75, 3.05) is 30.8 Å². The fraction of sp³-hybridized carbons (Fsp3) is 0.462. The van der Waals surface area contributed by atoms with E-state index in [1.165, 1.54) is 18.4 Å². The second-order valence-corrected chi connectivity index (χ2v) is 9.71. The van der Waals surface area contributed by atoms with E-state index in [9.17, 15) is 4.79 Å². The fourth-order valence-corrected chi connectivity index (χ4v) is 4.32. The molecule has 1 fully saturated rings. The summed E-state index contributed by atoms with van der Waals surface area (Å²) < 4.78 is 10.9. The topological polar surface area (TPSA) is 110 Å². The number of rotatable bonds is 8. The first kappa shape index (κ1) is 24.5. The van der Waals surface area contributed by atoms with E-state index in [-0.39, 0.29) is 0 Å². The third-order valence-electron chi connectivity index (χ3n) is 5.86. The number of anilines is 3. The average Bonchev–Trinajstić information content (AvgIpc) is 3.35. The molecule has 0 radical (unpaired) electrons. The van der Waals surface area contributed by atoms with Crippen LogP contribution in [-0.2, 0) is 4.74 Å². The van der Waals surface area contributed by atoms with Crippen molar-refractivity contribution < 1.29 is 14.3 Å². The fourth-order valence-electron chi connectivity index (χ4n) is 4.32. The van der Waals surface area contributed by atoms with Crippen LogP contribution in [0.25, 0.3) is 10.9 Å². The monoisotopic (exact) mass is 478 g/mol. The first-order valence-corrected chi connectivity index (χ1v) is 12.1. The van der Waals surface area contributed by atoms with Crippen molar-refractivity contribution in [1.82, 2.24) is 20.3 Å². The Morgan fingerprint density at radius 1 is 1.06 bits per heavy atom. The van der Waals surface area contributed by atoms with Gasteiger partial charge in [0.25, 0.3) is 0 Å². The molecule has 186 valence electrons. The number of hydrogen-bond acceptors (Lipinski definition) is 8. The number of carbonyl (C=O) groups excluding carboxylic acids is 1. The van der Waals surface area contributed by atoms with Crippen LogP contribution < -0.4 is 20.7 Å². The van der Waals surface area contributed by atoms with Gasteiger partial charge in [0, 0.05) is 30.2 Å². The number of nitrogens with one attached hydrogen (secondary N) is 3. The van der Waals surface area contributed by atoms with E-state index in [0.29, 0.717) is 30.8 Å². The number of pyridine rings is 1. The SMILES string of the molecule is COc1ccc2cnc(Nc3ccc(NCCNC(=O)OC(C)(C)C)cn3)nc2c1C1CCCC1. The van der Waals surface area contributed by atoms with Crippen molar-refractivity contribution in [3.05, 3.63) is 42.2 Å². The zero-order chi connectivity index (χ0) is 24.8. The molecule has 4 rings (SSSR count). The molecule has 3 aromatic rings. The number of fused-ring (bicyclic) bond motifs is 1. The van der Waals surface area contributed by atoms with Crippen LogP contribution in [0.4, 0.5) is 22.2 Å². The largest absolute Gasteiger partial charge is 0.496 e. The predicted molar refractivity (Wildman–Crippen MR) is 138 cm³/mol. The van der Waals surface area contributed by atoms with Crippen molar-refractivity contribution in [2.24, 2.45) is 0 Å². The summed E-state index contributed by atoms with van der Waals surface area (Å²) in [7, 11) is 1.72. The van der Waals surface area contributed by atoms with Gasteiger partial charge >= 0.3 is 6.09 Å². The normalized spacial score (nSPS) is 14.1. The minimum Gasteiger partial charge on any atom is -0.496 e. The molecule has 3 N–H and O–H groups in total. The summed E-state index contributed by atoms with van der Waals surface area (Å²) in [5, 5.41) is 10.2. The Labute approximate surface area is 206 Å². The lowest BCUT2D eigenvalue weighted by Crippen LogP contribution is -2.34. The maximum absolute atomic E-state index is 11.7.